The lowest BCUT2D eigenvalue weighted by Crippen LogP contribution is -2.23. The second kappa shape index (κ2) is 9.78. The summed E-state index contributed by atoms with van der Waals surface area (Å²) in [5.41, 5.74) is 2.16. The van der Waals surface area contributed by atoms with Gasteiger partial charge >= 0.3 is 0 Å². The van der Waals surface area contributed by atoms with Crippen LogP contribution in [-0.4, -0.2) is 17.1 Å². The topological polar surface area (TPSA) is 34.1 Å². The Morgan fingerprint density at radius 2 is 1.95 bits per heavy atom. The molecule has 1 N–H and O–H groups in total. The highest BCUT2D eigenvalue weighted by Crippen LogP contribution is 2.21. The van der Waals surface area contributed by atoms with Crippen molar-refractivity contribution in [2.24, 2.45) is 0 Å². The third-order valence-corrected chi connectivity index (χ3v) is 3.57. The average molecular weight is 292 g/mol. The van der Waals surface area contributed by atoms with Crippen molar-refractivity contribution < 1.29 is 4.74 Å². The quantitative estimate of drug-likeness (QED) is 0.639. The Kier molecular flexibility index (Phi) is 8.36. The SMILES string of the molecule is CCCCCCC(C)Oc1cc(C)ncc1CNC(C)C. The number of unbranched alkanes of at least 4 members (excludes halogenated alkanes) is 3. The molecule has 1 heterocycles. The summed E-state index contributed by atoms with van der Waals surface area (Å²) in [6, 6.07) is 2.52. The van der Waals surface area contributed by atoms with Crippen LogP contribution in [0.25, 0.3) is 0 Å². The summed E-state index contributed by atoms with van der Waals surface area (Å²) in [7, 11) is 0. The van der Waals surface area contributed by atoms with Crippen molar-refractivity contribution in [2.45, 2.75) is 85.4 Å². The summed E-state index contributed by atoms with van der Waals surface area (Å²) in [5.74, 6) is 0.985. The maximum atomic E-state index is 6.16. The molecule has 0 aromatic carbocycles. The summed E-state index contributed by atoms with van der Waals surface area (Å²) in [6.07, 6.45) is 8.48. The Bertz CT molecular complexity index is 404. The average Bonchev–Trinajstić information content (AvgIpc) is 2.42. The first kappa shape index (κ1) is 18.0. The lowest BCUT2D eigenvalue weighted by atomic mass is 10.1. The van der Waals surface area contributed by atoms with Crippen LogP contribution in [0.2, 0.25) is 0 Å². The van der Waals surface area contributed by atoms with Gasteiger partial charge in [0.25, 0.3) is 0 Å². The number of hydrogen-bond acceptors (Lipinski definition) is 3. The highest BCUT2D eigenvalue weighted by molar-refractivity contribution is 5.33. The number of nitrogens with one attached hydrogen (secondary N) is 1. The number of nitrogens with zero attached hydrogens (tertiary/aromatic N) is 1. The molecule has 0 aliphatic carbocycles. The third-order valence-electron chi connectivity index (χ3n) is 3.57. The third kappa shape index (κ3) is 7.47. The van der Waals surface area contributed by atoms with Crippen molar-refractivity contribution in [2.75, 3.05) is 0 Å². The molecule has 3 heteroatoms. The summed E-state index contributed by atoms with van der Waals surface area (Å²) in [6.45, 7) is 11.5. The van der Waals surface area contributed by atoms with Gasteiger partial charge in [-0.3, -0.25) is 4.98 Å². The molecule has 1 aromatic heterocycles. The molecule has 0 aliphatic heterocycles. The molecule has 0 aliphatic rings. The molecule has 21 heavy (non-hydrogen) atoms. The van der Waals surface area contributed by atoms with Crippen LogP contribution in [0.3, 0.4) is 0 Å². The molecule has 0 bridgehead atoms. The zero-order valence-corrected chi connectivity index (χ0v) is 14.4. The fourth-order valence-corrected chi connectivity index (χ4v) is 2.25. The smallest absolute Gasteiger partial charge is 0.127 e. The van der Waals surface area contributed by atoms with E-state index in [1.807, 2.05) is 13.1 Å². The summed E-state index contributed by atoms with van der Waals surface area (Å²) in [4.78, 5) is 4.39. The van der Waals surface area contributed by atoms with Gasteiger partial charge in [-0.15, -0.1) is 0 Å². The van der Waals surface area contributed by atoms with Crippen molar-refractivity contribution in [1.82, 2.24) is 10.3 Å². The molecule has 0 radical (unpaired) electrons. The minimum Gasteiger partial charge on any atom is -0.490 e. The van der Waals surface area contributed by atoms with Crippen molar-refractivity contribution >= 4 is 0 Å². The van der Waals surface area contributed by atoms with E-state index in [2.05, 4.69) is 44.1 Å². The van der Waals surface area contributed by atoms with E-state index in [1.165, 1.54) is 25.7 Å². The van der Waals surface area contributed by atoms with Gasteiger partial charge in [0.05, 0.1) is 6.10 Å². The first-order valence-corrected chi connectivity index (χ1v) is 8.38. The van der Waals surface area contributed by atoms with E-state index in [0.717, 1.165) is 30.0 Å². The standard InChI is InChI=1S/C18H32N2O/c1-6-7-8-9-10-16(5)21-18-11-15(4)20-13-17(18)12-19-14(2)3/h11,13-14,16,19H,6-10,12H2,1-5H3. The first-order chi connectivity index (χ1) is 10.0. The van der Waals surface area contributed by atoms with E-state index < -0.39 is 0 Å². The Morgan fingerprint density at radius 1 is 1.19 bits per heavy atom. The van der Waals surface area contributed by atoms with Crippen molar-refractivity contribution in [3.63, 3.8) is 0 Å². The molecule has 1 rings (SSSR count). The summed E-state index contributed by atoms with van der Waals surface area (Å²) >= 11 is 0. The Hall–Kier alpha value is -1.09. The van der Waals surface area contributed by atoms with Crippen LogP contribution in [0.4, 0.5) is 0 Å². The normalized spacial score (nSPS) is 12.7. The predicted octanol–water partition coefficient (Wildman–Crippen LogP) is 4.63. The molecular formula is C18H32N2O. The van der Waals surface area contributed by atoms with Gasteiger partial charge in [0, 0.05) is 36.1 Å². The second-order valence-electron chi connectivity index (χ2n) is 6.25. The molecule has 3 nitrogen and oxygen atoms in total. The second-order valence-corrected chi connectivity index (χ2v) is 6.25. The van der Waals surface area contributed by atoms with Crippen LogP contribution >= 0.6 is 0 Å². The number of aromatic nitrogens is 1. The highest BCUT2D eigenvalue weighted by Gasteiger charge is 2.10. The molecule has 1 atom stereocenters. The molecule has 0 saturated carbocycles. The predicted molar refractivity (Wildman–Crippen MR) is 89.8 cm³/mol. The van der Waals surface area contributed by atoms with Crippen molar-refractivity contribution in [3.05, 3.63) is 23.5 Å². The van der Waals surface area contributed by atoms with E-state index in [1.54, 1.807) is 0 Å². The lowest BCUT2D eigenvalue weighted by molar-refractivity contribution is 0.203. The van der Waals surface area contributed by atoms with Gasteiger partial charge in [0.1, 0.15) is 5.75 Å². The van der Waals surface area contributed by atoms with Crippen molar-refractivity contribution in [1.29, 1.82) is 0 Å². The fraction of sp³-hybridized carbons (Fsp3) is 0.722. The van der Waals surface area contributed by atoms with Gasteiger partial charge in [-0.05, 0) is 26.7 Å². The van der Waals surface area contributed by atoms with Crippen LogP contribution in [0.5, 0.6) is 5.75 Å². The Morgan fingerprint density at radius 3 is 2.62 bits per heavy atom. The van der Waals surface area contributed by atoms with Gasteiger partial charge in [-0.2, -0.15) is 0 Å². The van der Waals surface area contributed by atoms with Crippen LogP contribution in [-0.2, 0) is 6.54 Å². The molecule has 0 saturated heterocycles. The Labute approximate surface area is 130 Å². The maximum absolute atomic E-state index is 6.16. The molecule has 0 amide bonds. The first-order valence-electron chi connectivity index (χ1n) is 8.38. The molecule has 1 aromatic rings. The minimum absolute atomic E-state index is 0.265. The number of ether oxygens (including phenoxy) is 1. The molecule has 0 fully saturated rings. The maximum Gasteiger partial charge on any atom is 0.127 e. The van der Waals surface area contributed by atoms with Crippen LogP contribution in [0.1, 0.15) is 71.1 Å². The minimum atomic E-state index is 0.265. The van der Waals surface area contributed by atoms with E-state index in [4.69, 9.17) is 4.74 Å². The molecule has 1 unspecified atom stereocenters. The van der Waals surface area contributed by atoms with Crippen LogP contribution < -0.4 is 10.1 Å². The molecule has 120 valence electrons. The molecule has 0 spiro atoms. The zero-order chi connectivity index (χ0) is 15.7. The largest absolute Gasteiger partial charge is 0.490 e. The van der Waals surface area contributed by atoms with Gasteiger partial charge in [-0.25, -0.2) is 0 Å². The number of pyridine rings is 1. The zero-order valence-electron chi connectivity index (χ0n) is 14.4. The van der Waals surface area contributed by atoms with Gasteiger partial charge in [0.2, 0.25) is 0 Å². The van der Waals surface area contributed by atoms with E-state index in [-0.39, 0.29) is 6.10 Å². The number of aryl methyl sites for hydroxylation is 1. The monoisotopic (exact) mass is 292 g/mol. The summed E-state index contributed by atoms with van der Waals surface area (Å²) in [5, 5.41) is 3.43. The van der Waals surface area contributed by atoms with E-state index in [0.29, 0.717) is 6.04 Å². The van der Waals surface area contributed by atoms with Crippen LogP contribution in [0.15, 0.2) is 12.3 Å². The van der Waals surface area contributed by atoms with E-state index in [9.17, 15) is 0 Å². The van der Waals surface area contributed by atoms with Crippen LogP contribution in [0, 0.1) is 6.92 Å². The fourth-order valence-electron chi connectivity index (χ4n) is 2.25. The van der Waals surface area contributed by atoms with Gasteiger partial charge < -0.3 is 10.1 Å². The van der Waals surface area contributed by atoms with Gasteiger partial charge in [0.15, 0.2) is 0 Å². The highest BCUT2D eigenvalue weighted by atomic mass is 16.5. The summed E-state index contributed by atoms with van der Waals surface area (Å²) < 4.78 is 6.16. The molecular weight excluding hydrogens is 260 g/mol. The number of rotatable bonds is 10. The lowest BCUT2D eigenvalue weighted by Gasteiger charge is -2.18. The van der Waals surface area contributed by atoms with E-state index >= 15 is 0 Å². The van der Waals surface area contributed by atoms with Gasteiger partial charge in [-0.1, -0.05) is 40.0 Å². The Balaban J connectivity index is 2.56. The number of hydrogen-bond donors (Lipinski definition) is 1. The van der Waals surface area contributed by atoms with Crippen molar-refractivity contribution in [3.8, 4) is 5.75 Å².